The highest BCUT2D eigenvalue weighted by atomic mass is 79.9. The maximum Gasteiger partial charge on any atom is 0.329 e. The summed E-state index contributed by atoms with van der Waals surface area (Å²) < 4.78 is 3.12. The van der Waals surface area contributed by atoms with Crippen LogP contribution in [0.15, 0.2) is 58.7 Å². The zero-order valence-electron chi connectivity index (χ0n) is 18.0. The molecular formula is C25H24BrN3O2. The Labute approximate surface area is 190 Å². The molecule has 4 rings (SSSR count). The van der Waals surface area contributed by atoms with Gasteiger partial charge in [-0.25, -0.2) is 4.79 Å². The molecule has 0 bridgehead atoms. The summed E-state index contributed by atoms with van der Waals surface area (Å²) in [4.78, 5) is 26.6. The number of aryl methyl sites for hydroxylation is 3. The molecule has 2 heterocycles. The number of amides is 3. The second kappa shape index (κ2) is 8.19. The largest absolute Gasteiger partial charge is 0.329 e. The first kappa shape index (κ1) is 21.1. The molecule has 2 aromatic carbocycles. The number of benzene rings is 2. The Morgan fingerprint density at radius 1 is 0.935 bits per heavy atom. The Morgan fingerprint density at radius 2 is 1.65 bits per heavy atom. The van der Waals surface area contributed by atoms with Crippen molar-refractivity contribution in [1.29, 1.82) is 0 Å². The summed E-state index contributed by atoms with van der Waals surface area (Å²) in [5.74, 6) is -0.316. The molecule has 1 aliphatic rings. The number of halogens is 1. The van der Waals surface area contributed by atoms with Gasteiger partial charge in [0, 0.05) is 21.5 Å². The molecule has 5 nitrogen and oxygen atoms in total. The molecule has 3 amide bonds. The normalized spacial score (nSPS) is 15.1. The number of carbonyl (C=O) groups excluding carboxylic acids is 2. The van der Waals surface area contributed by atoms with E-state index < -0.39 is 6.03 Å². The Kier molecular flexibility index (Phi) is 5.58. The van der Waals surface area contributed by atoms with E-state index in [9.17, 15) is 9.59 Å². The highest BCUT2D eigenvalue weighted by molar-refractivity contribution is 9.10. The lowest BCUT2D eigenvalue weighted by atomic mass is 10.1. The van der Waals surface area contributed by atoms with Crippen molar-refractivity contribution in [3.63, 3.8) is 0 Å². The van der Waals surface area contributed by atoms with E-state index in [1.165, 1.54) is 16.0 Å². The summed E-state index contributed by atoms with van der Waals surface area (Å²) in [6.45, 7) is 8.49. The van der Waals surface area contributed by atoms with Gasteiger partial charge in [-0.1, -0.05) is 34.1 Å². The van der Waals surface area contributed by atoms with Crippen molar-refractivity contribution in [3.05, 3.63) is 92.3 Å². The minimum absolute atomic E-state index is 0.233. The molecule has 0 radical (unpaired) electrons. The van der Waals surface area contributed by atoms with Gasteiger partial charge in [-0.2, -0.15) is 0 Å². The minimum Gasteiger partial charge on any atom is -0.318 e. The average Bonchev–Trinajstić information content (AvgIpc) is 3.15. The van der Waals surface area contributed by atoms with Gasteiger partial charge in [-0.05, 0) is 86.4 Å². The van der Waals surface area contributed by atoms with E-state index in [2.05, 4.69) is 57.9 Å². The van der Waals surface area contributed by atoms with Crippen LogP contribution in [0, 0.1) is 27.7 Å². The van der Waals surface area contributed by atoms with Gasteiger partial charge in [0.1, 0.15) is 5.70 Å². The summed E-state index contributed by atoms with van der Waals surface area (Å²) in [7, 11) is 0. The van der Waals surface area contributed by atoms with E-state index in [-0.39, 0.29) is 12.5 Å². The summed E-state index contributed by atoms with van der Waals surface area (Å²) in [6, 6.07) is 15.6. The van der Waals surface area contributed by atoms with Crippen molar-refractivity contribution >= 4 is 33.9 Å². The summed E-state index contributed by atoms with van der Waals surface area (Å²) in [5, 5.41) is 2.73. The predicted octanol–water partition coefficient (Wildman–Crippen LogP) is 5.57. The molecule has 0 unspecified atom stereocenters. The number of nitrogens with one attached hydrogen (secondary N) is 1. The van der Waals surface area contributed by atoms with Crippen molar-refractivity contribution < 1.29 is 9.59 Å². The summed E-state index contributed by atoms with van der Waals surface area (Å²) in [5.41, 5.74) is 7.73. The number of carbonyl (C=O) groups is 2. The molecule has 0 spiro atoms. The van der Waals surface area contributed by atoms with Gasteiger partial charge in [0.15, 0.2) is 0 Å². The van der Waals surface area contributed by atoms with Crippen molar-refractivity contribution in [2.24, 2.45) is 0 Å². The summed E-state index contributed by atoms with van der Waals surface area (Å²) in [6.07, 6.45) is 1.77. The second-order valence-corrected chi connectivity index (χ2v) is 8.85. The van der Waals surface area contributed by atoms with Crippen LogP contribution in [-0.4, -0.2) is 21.4 Å². The first-order valence-electron chi connectivity index (χ1n) is 10.1. The molecule has 1 aliphatic heterocycles. The van der Waals surface area contributed by atoms with Crippen molar-refractivity contribution in [2.75, 3.05) is 0 Å². The van der Waals surface area contributed by atoms with E-state index in [0.717, 1.165) is 32.7 Å². The van der Waals surface area contributed by atoms with Crippen LogP contribution >= 0.6 is 15.9 Å². The number of urea groups is 1. The molecule has 1 N–H and O–H groups in total. The molecule has 158 valence electrons. The van der Waals surface area contributed by atoms with Crippen molar-refractivity contribution in [3.8, 4) is 5.69 Å². The van der Waals surface area contributed by atoms with Crippen molar-refractivity contribution in [1.82, 2.24) is 14.8 Å². The van der Waals surface area contributed by atoms with Gasteiger partial charge in [-0.15, -0.1) is 0 Å². The van der Waals surface area contributed by atoms with E-state index in [0.29, 0.717) is 5.70 Å². The molecule has 1 aromatic heterocycles. The second-order valence-electron chi connectivity index (χ2n) is 7.94. The average molecular weight is 478 g/mol. The molecule has 3 aromatic rings. The third kappa shape index (κ3) is 4.08. The smallest absolute Gasteiger partial charge is 0.318 e. The fourth-order valence-corrected chi connectivity index (χ4v) is 4.10. The molecular weight excluding hydrogens is 454 g/mol. The van der Waals surface area contributed by atoms with Gasteiger partial charge in [0.2, 0.25) is 0 Å². The van der Waals surface area contributed by atoms with E-state index in [1.807, 2.05) is 44.2 Å². The molecule has 6 heteroatoms. The lowest BCUT2D eigenvalue weighted by molar-refractivity contribution is -0.123. The first-order valence-corrected chi connectivity index (χ1v) is 10.9. The van der Waals surface area contributed by atoms with Gasteiger partial charge < -0.3 is 9.88 Å². The fraction of sp³-hybridized carbons (Fsp3) is 0.200. The Morgan fingerprint density at radius 3 is 2.32 bits per heavy atom. The first-order chi connectivity index (χ1) is 14.7. The van der Waals surface area contributed by atoms with Crippen LogP contribution in [0.5, 0.6) is 0 Å². The van der Waals surface area contributed by atoms with Crippen LogP contribution < -0.4 is 5.32 Å². The van der Waals surface area contributed by atoms with Gasteiger partial charge in [0.25, 0.3) is 5.91 Å². The highest BCUT2D eigenvalue weighted by Gasteiger charge is 2.33. The molecule has 1 saturated heterocycles. The molecule has 0 saturated carbocycles. The van der Waals surface area contributed by atoms with Crippen LogP contribution in [0.1, 0.15) is 33.6 Å². The number of hydrogen-bond donors (Lipinski definition) is 1. The van der Waals surface area contributed by atoms with Gasteiger partial charge in [0.05, 0.1) is 6.54 Å². The van der Waals surface area contributed by atoms with Crippen molar-refractivity contribution in [2.45, 2.75) is 34.2 Å². The predicted molar refractivity (Wildman–Crippen MR) is 126 cm³/mol. The lowest BCUT2D eigenvalue weighted by Crippen LogP contribution is -2.30. The minimum atomic E-state index is -0.401. The monoisotopic (exact) mass is 477 g/mol. The number of rotatable bonds is 4. The molecule has 31 heavy (non-hydrogen) atoms. The maximum atomic E-state index is 12.9. The Hall–Kier alpha value is -3.12. The zero-order chi connectivity index (χ0) is 22.3. The lowest BCUT2D eigenvalue weighted by Gasteiger charge is -2.12. The zero-order valence-corrected chi connectivity index (χ0v) is 19.6. The third-order valence-corrected chi connectivity index (χ3v) is 6.26. The van der Waals surface area contributed by atoms with Gasteiger partial charge >= 0.3 is 6.03 Å². The van der Waals surface area contributed by atoms with E-state index >= 15 is 0 Å². The third-order valence-electron chi connectivity index (χ3n) is 5.74. The SMILES string of the molecule is Cc1ccc(-n2c(C)cc(C=C3NC(=O)N(Cc4ccc(Br)cc4)C3=O)c2C)cc1C. The van der Waals surface area contributed by atoms with Crippen LogP contribution in [-0.2, 0) is 11.3 Å². The Balaban J connectivity index is 1.63. The number of nitrogens with zero attached hydrogens (tertiary/aromatic N) is 2. The topological polar surface area (TPSA) is 54.3 Å². The van der Waals surface area contributed by atoms with Crippen LogP contribution in [0.3, 0.4) is 0 Å². The summed E-state index contributed by atoms with van der Waals surface area (Å²) >= 11 is 3.40. The standard InChI is InChI=1S/C25H24BrN3O2/c1-15-5-10-22(11-16(15)2)29-17(3)12-20(18(29)4)13-23-24(30)28(25(31)27-23)14-19-6-8-21(26)9-7-19/h5-13H,14H2,1-4H3,(H,27,31). The number of imide groups is 1. The van der Waals surface area contributed by atoms with Gasteiger partial charge in [-0.3, -0.25) is 9.69 Å². The number of hydrogen-bond acceptors (Lipinski definition) is 2. The molecule has 0 atom stereocenters. The maximum absolute atomic E-state index is 12.9. The number of aromatic nitrogens is 1. The molecule has 1 fully saturated rings. The van der Waals surface area contributed by atoms with Crippen LogP contribution in [0.25, 0.3) is 11.8 Å². The van der Waals surface area contributed by atoms with Crippen LogP contribution in [0.4, 0.5) is 4.79 Å². The highest BCUT2D eigenvalue weighted by Crippen LogP contribution is 2.25. The fourth-order valence-electron chi connectivity index (χ4n) is 3.84. The van der Waals surface area contributed by atoms with Crippen LogP contribution in [0.2, 0.25) is 0 Å². The quantitative estimate of drug-likeness (QED) is 0.394. The van der Waals surface area contributed by atoms with E-state index in [4.69, 9.17) is 0 Å². The molecule has 0 aliphatic carbocycles. The van der Waals surface area contributed by atoms with E-state index in [1.54, 1.807) is 6.08 Å². The Bertz CT molecular complexity index is 1220.